The van der Waals surface area contributed by atoms with E-state index in [1.54, 1.807) is 0 Å². The van der Waals surface area contributed by atoms with Crippen LogP contribution in [0.3, 0.4) is 0 Å². The molecule has 4 heteroatoms. The SMILES string of the molecule is CC1(C)[C@@H]2O[C@@H]2C[C@]2(C)[C@H]3C(=O)C=C4[C@@H]5C[C@](C)(C(=O)OC(c6ccccc6)c6ccccc6)CC[C@]5(C)CC[C@@]4(C)[C@]3(C)CC[C@@H]12. The van der Waals surface area contributed by atoms with Crippen molar-refractivity contribution in [3.63, 3.8) is 0 Å². The highest BCUT2D eigenvalue weighted by molar-refractivity contribution is 5.95. The Kier molecular flexibility index (Phi) is 6.82. The fraction of sp³-hybridized carbons (Fsp3) is 0.628. The highest BCUT2D eigenvalue weighted by atomic mass is 16.6. The van der Waals surface area contributed by atoms with E-state index in [0.29, 0.717) is 23.9 Å². The minimum absolute atomic E-state index is 0.00808. The quantitative estimate of drug-likeness (QED) is 0.248. The molecule has 8 rings (SSSR count). The molecule has 5 fully saturated rings. The zero-order chi connectivity index (χ0) is 33.2. The molecule has 250 valence electrons. The molecule has 2 aromatic rings. The van der Waals surface area contributed by atoms with Crippen LogP contribution < -0.4 is 0 Å². The number of ether oxygens (including phenoxy) is 2. The number of fused-ring (bicyclic) bond motifs is 8. The molecule has 6 aliphatic rings. The largest absolute Gasteiger partial charge is 0.452 e. The van der Waals surface area contributed by atoms with Gasteiger partial charge in [-0.3, -0.25) is 9.59 Å². The van der Waals surface area contributed by atoms with Crippen LogP contribution in [0.1, 0.15) is 117 Å². The van der Waals surface area contributed by atoms with Gasteiger partial charge in [0.05, 0.1) is 17.6 Å². The predicted molar refractivity (Wildman–Crippen MR) is 184 cm³/mol. The lowest BCUT2D eigenvalue weighted by atomic mass is 9.33. The first-order valence-electron chi connectivity index (χ1n) is 18.4. The molecule has 0 bridgehead atoms. The van der Waals surface area contributed by atoms with Gasteiger partial charge in [0.25, 0.3) is 0 Å². The summed E-state index contributed by atoms with van der Waals surface area (Å²) in [5.41, 5.74) is 2.61. The van der Waals surface area contributed by atoms with Crippen molar-refractivity contribution >= 4 is 11.8 Å². The van der Waals surface area contributed by atoms with E-state index >= 15 is 0 Å². The minimum atomic E-state index is -0.624. The third-order valence-corrected chi connectivity index (χ3v) is 15.6. The number of hydrogen-bond donors (Lipinski definition) is 0. The van der Waals surface area contributed by atoms with E-state index in [0.717, 1.165) is 62.5 Å². The Morgan fingerprint density at radius 1 is 0.809 bits per heavy atom. The second-order valence-electron chi connectivity index (χ2n) is 18.5. The van der Waals surface area contributed by atoms with Gasteiger partial charge in [0.15, 0.2) is 11.9 Å². The van der Waals surface area contributed by atoms with E-state index in [1.807, 2.05) is 60.7 Å². The van der Waals surface area contributed by atoms with Crippen molar-refractivity contribution in [3.8, 4) is 0 Å². The maximum Gasteiger partial charge on any atom is 0.312 e. The van der Waals surface area contributed by atoms with E-state index in [2.05, 4.69) is 54.5 Å². The van der Waals surface area contributed by atoms with Gasteiger partial charge >= 0.3 is 5.97 Å². The van der Waals surface area contributed by atoms with Gasteiger partial charge < -0.3 is 9.47 Å². The summed E-state index contributed by atoms with van der Waals surface area (Å²) < 4.78 is 12.8. The van der Waals surface area contributed by atoms with Crippen molar-refractivity contribution in [1.29, 1.82) is 0 Å². The number of benzene rings is 2. The summed E-state index contributed by atoms with van der Waals surface area (Å²) in [6.07, 6.45) is 10.3. The van der Waals surface area contributed by atoms with E-state index in [-0.39, 0.29) is 44.9 Å². The molecule has 5 aliphatic carbocycles. The van der Waals surface area contributed by atoms with Crippen LogP contribution in [0.4, 0.5) is 0 Å². The predicted octanol–water partition coefficient (Wildman–Crippen LogP) is 9.68. The van der Waals surface area contributed by atoms with Gasteiger partial charge in [-0.15, -0.1) is 0 Å². The molecule has 10 atom stereocenters. The number of carbonyl (C=O) groups excluding carboxylic acids is 2. The zero-order valence-electron chi connectivity index (χ0n) is 29.6. The number of rotatable bonds is 4. The lowest BCUT2D eigenvalue weighted by Crippen LogP contribution is -2.66. The molecule has 1 aliphatic heterocycles. The van der Waals surface area contributed by atoms with Gasteiger partial charge in [0.1, 0.15) is 0 Å². The maximum atomic E-state index is 14.7. The zero-order valence-corrected chi connectivity index (χ0v) is 29.6. The Balaban J connectivity index is 1.13. The topological polar surface area (TPSA) is 55.9 Å². The third-order valence-electron chi connectivity index (χ3n) is 15.6. The summed E-state index contributed by atoms with van der Waals surface area (Å²) in [5, 5.41) is 0. The first-order valence-corrected chi connectivity index (χ1v) is 18.4. The highest BCUT2D eigenvalue weighted by Crippen LogP contribution is 2.76. The lowest BCUT2D eigenvalue weighted by Gasteiger charge is -2.69. The van der Waals surface area contributed by atoms with E-state index in [1.165, 1.54) is 5.57 Å². The Bertz CT molecular complexity index is 1590. The van der Waals surface area contributed by atoms with E-state index < -0.39 is 11.5 Å². The van der Waals surface area contributed by atoms with Crippen molar-refractivity contribution < 1.29 is 19.1 Å². The number of hydrogen-bond acceptors (Lipinski definition) is 4. The molecular weight excluding hydrogens is 580 g/mol. The summed E-state index contributed by atoms with van der Waals surface area (Å²) in [7, 11) is 0. The fourth-order valence-corrected chi connectivity index (χ4v) is 12.7. The second kappa shape index (κ2) is 10.2. The summed E-state index contributed by atoms with van der Waals surface area (Å²) in [5.74, 6) is 0.907. The standard InChI is InChI=1S/C43H54O4/c1-38(2)33-18-19-43(7)35(41(33,5)26-32-36(38)46-32)31(44)24-29-30-25-40(4,21-20-39(30,3)22-23-42(29,43)6)37(45)47-34(27-14-10-8-11-15-27)28-16-12-9-13-17-28/h8-17,24,30,32-36H,18-23,25-26H2,1-7H3/t30-,32+,33-,35+,36+,39+,40+,41-,42+,43+/m0/s1. The Morgan fingerprint density at radius 3 is 2.06 bits per heavy atom. The van der Waals surface area contributed by atoms with Gasteiger partial charge in [-0.1, -0.05) is 108 Å². The van der Waals surface area contributed by atoms with Gasteiger partial charge in [-0.05, 0) is 114 Å². The molecule has 47 heavy (non-hydrogen) atoms. The molecule has 2 aromatic carbocycles. The molecule has 1 saturated heterocycles. The third kappa shape index (κ3) is 4.35. The number of esters is 1. The van der Waals surface area contributed by atoms with Crippen LogP contribution in [0, 0.1) is 50.2 Å². The van der Waals surface area contributed by atoms with Crippen LogP contribution in [0.5, 0.6) is 0 Å². The van der Waals surface area contributed by atoms with E-state index in [9.17, 15) is 9.59 Å². The van der Waals surface area contributed by atoms with Crippen molar-refractivity contribution in [2.24, 2.45) is 50.2 Å². The number of ketones is 1. The molecule has 0 N–H and O–H groups in total. The van der Waals surface area contributed by atoms with Gasteiger partial charge in [0, 0.05) is 5.92 Å². The van der Waals surface area contributed by atoms with Crippen LogP contribution in [0.15, 0.2) is 72.3 Å². The molecule has 1 heterocycles. The van der Waals surface area contributed by atoms with Gasteiger partial charge in [-0.25, -0.2) is 0 Å². The van der Waals surface area contributed by atoms with Crippen LogP contribution in [-0.4, -0.2) is 24.0 Å². The van der Waals surface area contributed by atoms with Gasteiger partial charge in [0.2, 0.25) is 0 Å². The van der Waals surface area contributed by atoms with E-state index in [4.69, 9.17) is 9.47 Å². The molecule has 0 spiro atoms. The van der Waals surface area contributed by atoms with Gasteiger partial charge in [-0.2, -0.15) is 0 Å². The molecular formula is C43H54O4. The normalized spacial score (nSPS) is 44.6. The summed E-state index contributed by atoms with van der Waals surface area (Å²) in [6.45, 7) is 16.8. The molecule has 0 unspecified atom stereocenters. The van der Waals surface area contributed by atoms with Crippen molar-refractivity contribution in [3.05, 3.63) is 83.4 Å². The van der Waals surface area contributed by atoms with Crippen molar-refractivity contribution in [2.75, 3.05) is 0 Å². The summed E-state index contributed by atoms with van der Waals surface area (Å²) >= 11 is 0. The second-order valence-corrected chi connectivity index (χ2v) is 18.5. The fourth-order valence-electron chi connectivity index (χ4n) is 12.7. The maximum absolute atomic E-state index is 14.7. The number of allylic oxidation sites excluding steroid dienone is 2. The van der Waals surface area contributed by atoms with Crippen molar-refractivity contribution in [1.82, 2.24) is 0 Å². The summed E-state index contributed by atoms with van der Waals surface area (Å²) in [4.78, 5) is 29.2. The first-order chi connectivity index (χ1) is 22.2. The summed E-state index contributed by atoms with van der Waals surface area (Å²) in [6, 6.07) is 20.2. The number of epoxide rings is 1. The molecule has 4 nitrogen and oxygen atoms in total. The smallest absolute Gasteiger partial charge is 0.312 e. The molecule has 0 radical (unpaired) electrons. The van der Waals surface area contributed by atoms with Crippen molar-refractivity contribution in [2.45, 2.75) is 118 Å². The average Bonchev–Trinajstić information content (AvgIpc) is 3.82. The molecule has 4 saturated carbocycles. The van der Waals surface area contributed by atoms with Crippen LogP contribution in [0.25, 0.3) is 0 Å². The Labute approximate surface area is 282 Å². The highest BCUT2D eigenvalue weighted by Gasteiger charge is 2.73. The van der Waals surface area contributed by atoms with Crippen LogP contribution >= 0.6 is 0 Å². The average molecular weight is 635 g/mol. The Hall–Kier alpha value is -2.72. The molecule has 0 aromatic heterocycles. The monoisotopic (exact) mass is 634 g/mol. The van der Waals surface area contributed by atoms with Crippen LogP contribution in [-0.2, 0) is 19.1 Å². The Morgan fingerprint density at radius 2 is 1.43 bits per heavy atom. The van der Waals surface area contributed by atoms with Crippen LogP contribution in [0.2, 0.25) is 0 Å². The lowest BCUT2D eigenvalue weighted by molar-refractivity contribution is -0.183. The molecule has 0 amide bonds. The minimum Gasteiger partial charge on any atom is -0.452 e. The number of carbonyl (C=O) groups is 2. The first kappa shape index (κ1) is 31.5.